The van der Waals surface area contributed by atoms with E-state index in [0.29, 0.717) is 0 Å². The van der Waals surface area contributed by atoms with Crippen LogP contribution in [0.1, 0.15) is 33.6 Å². The van der Waals surface area contributed by atoms with Crippen molar-refractivity contribution < 1.29 is 9.90 Å². The van der Waals surface area contributed by atoms with Gasteiger partial charge in [0.1, 0.15) is 0 Å². The van der Waals surface area contributed by atoms with Crippen LogP contribution in [0.4, 0.5) is 0 Å². The Morgan fingerprint density at radius 2 is 1.38 bits per heavy atom. The summed E-state index contributed by atoms with van der Waals surface area (Å²) in [4.78, 5) is 11.6. The Morgan fingerprint density at radius 3 is 1.75 bits per heavy atom. The quantitative estimate of drug-likeness (QED) is 0.795. The molecule has 4 saturated heterocycles. The SMILES string of the molecule is CC12CC3(C(=O)O)S[C@@](C)(C[C@](C)(S1)S3)S2. The first-order valence-electron chi connectivity index (χ1n) is 5.22. The highest BCUT2D eigenvalue weighted by molar-refractivity contribution is 8.38. The molecule has 6 heteroatoms. The van der Waals surface area contributed by atoms with Crippen LogP contribution in [0.15, 0.2) is 0 Å². The fourth-order valence-corrected chi connectivity index (χ4v) is 15.5. The van der Waals surface area contributed by atoms with E-state index < -0.39 is 10.0 Å². The molecule has 16 heavy (non-hydrogen) atoms. The molecule has 4 bridgehead atoms. The molecule has 0 saturated carbocycles. The molecule has 4 rings (SSSR count). The fourth-order valence-electron chi connectivity index (χ4n) is 3.15. The highest BCUT2D eigenvalue weighted by atomic mass is 32.3. The number of thioether (sulfide) groups is 4. The van der Waals surface area contributed by atoms with E-state index >= 15 is 0 Å². The zero-order chi connectivity index (χ0) is 11.8. The van der Waals surface area contributed by atoms with Gasteiger partial charge in [0.05, 0.1) is 12.2 Å². The number of hydrogen-bond acceptors (Lipinski definition) is 5. The Kier molecular flexibility index (Phi) is 2.28. The molecule has 4 aliphatic rings. The van der Waals surface area contributed by atoms with Gasteiger partial charge in [-0.3, -0.25) is 0 Å². The number of hydrogen-bond donors (Lipinski definition) is 1. The van der Waals surface area contributed by atoms with E-state index in [-0.39, 0.29) is 12.2 Å². The first kappa shape index (κ1) is 11.9. The minimum atomic E-state index is -0.633. The molecule has 1 N–H and O–H groups in total. The molecule has 4 heterocycles. The van der Waals surface area contributed by atoms with Gasteiger partial charge in [0.15, 0.2) is 4.08 Å². The van der Waals surface area contributed by atoms with Crippen molar-refractivity contribution in [1.29, 1.82) is 0 Å². The molecule has 0 aliphatic carbocycles. The summed E-state index contributed by atoms with van der Waals surface area (Å²) in [5.41, 5.74) is 0. The van der Waals surface area contributed by atoms with Crippen molar-refractivity contribution in [2.75, 3.05) is 0 Å². The Labute approximate surface area is 112 Å². The average molecular weight is 294 g/mol. The topological polar surface area (TPSA) is 37.3 Å². The summed E-state index contributed by atoms with van der Waals surface area (Å²) in [5.74, 6) is -0.633. The number of aliphatic carboxylic acids is 1. The van der Waals surface area contributed by atoms with Gasteiger partial charge in [-0.2, -0.15) is 0 Å². The van der Waals surface area contributed by atoms with Gasteiger partial charge >= 0.3 is 5.97 Å². The third-order valence-electron chi connectivity index (χ3n) is 3.15. The van der Waals surface area contributed by atoms with E-state index in [1.165, 1.54) is 0 Å². The van der Waals surface area contributed by atoms with Crippen molar-refractivity contribution in [2.45, 2.75) is 49.9 Å². The van der Waals surface area contributed by atoms with Gasteiger partial charge in [-0.05, 0) is 27.2 Å². The molecular weight excluding hydrogens is 280 g/mol. The van der Waals surface area contributed by atoms with E-state index in [4.69, 9.17) is 0 Å². The van der Waals surface area contributed by atoms with Crippen LogP contribution >= 0.6 is 47.0 Å². The summed E-state index contributed by atoms with van der Waals surface area (Å²) in [7, 11) is 0. The maximum atomic E-state index is 11.6. The summed E-state index contributed by atoms with van der Waals surface area (Å²) in [6, 6.07) is 0. The fraction of sp³-hybridized carbons (Fsp3) is 0.900. The molecule has 0 aromatic carbocycles. The lowest BCUT2D eigenvalue weighted by Crippen LogP contribution is -2.60. The van der Waals surface area contributed by atoms with Crippen LogP contribution in [0.25, 0.3) is 0 Å². The van der Waals surface area contributed by atoms with Crippen LogP contribution < -0.4 is 0 Å². The van der Waals surface area contributed by atoms with Crippen molar-refractivity contribution in [1.82, 2.24) is 0 Å². The van der Waals surface area contributed by atoms with Crippen LogP contribution in [0, 0.1) is 0 Å². The van der Waals surface area contributed by atoms with Gasteiger partial charge in [0.25, 0.3) is 0 Å². The molecular formula is C10H14O2S4. The van der Waals surface area contributed by atoms with Crippen LogP contribution in [-0.2, 0) is 4.79 Å². The molecule has 0 aromatic rings. The molecule has 0 amide bonds. The van der Waals surface area contributed by atoms with Gasteiger partial charge in [-0.25, -0.2) is 4.79 Å². The predicted octanol–water partition coefficient (Wildman–Crippen LogP) is 3.67. The van der Waals surface area contributed by atoms with Gasteiger partial charge < -0.3 is 5.11 Å². The summed E-state index contributed by atoms with van der Waals surface area (Å²) in [6.45, 7) is 6.65. The molecule has 2 nitrogen and oxygen atoms in total. The van der Waals surface area contributed by atoms with Gasteiger partial charge in [0.2, 0.25) is 0 Å². The third kappa shape index (κ3) is 1.56. The Hall–Kier alpha value is 0.870. The molecule has 0 spiro atoms. The summed E-state index contributed by atoms with van der Waals surface area (Å²) in [5, 5.41) is 9.56. The van der Waals surface area contributed by atoms with Gasteiger partial charge in [-0.1, -0.05) is 0 Å². The van der Waals surface area contributed by atoms with Crippen molar-refractivity contribution >= 4 is 53.0 Å². The average Bonchev–Trinajstić information content (AvgIpc) is 1.92. The van der Waals surface area contributed by atoms with Crippen molar-refractivity contribution in [2.24, 2.45) is 0 Å². The van der Waals surface area contributed by atoms with E-state index in [0.717, 1.165) is 12.8 Å². The molecule has 0 radical (unpaired) electrons. The normalized spacial score (nSPS) is 58.9. The summed E-state index contributed by atoms with van der Waals surface area (Å²) in [6.07, 6.45) is 1.86. The Morgan fingerprint density at radius 1 is 0.938 bits per heavy atom. The van der Waals surface area contributed by atoms with E-state index in [1.807, 2.05) is 23.5 Å². The number of rotatable bonds is 1. The van der Waals surface area contributed by atoms with Crippen LogP contribution in [0.5, 0.6) is 0 Å². The van der Waals surface area contributed by atoms with E-state index in [1.54, 1.807) is 23.5 Å². The number of carboxylic acid groups (broad SMARTS) is 1. The highest BCUT2D eigenvalue weighted by Crippen LogP contribution is 2.80. The smallest absolute Gasteiger partial charge is 0.330 e. The Bertz CT molecular complexity index is 329. The standard InChI is InChI=1S/C10H14O2S4/c1-7-4-8(2)14-9(3,13-7)5-10(15-7,16-8)6(11)12/h4-5H2,1-3H3,(H,11,12)/t7-,8+,9?,10?. The third-order valence-corrected chi connectivity index (χ3v) is 9.90. The summed E-state index contributed by atoms with van der Waals surface area (Å²) >= 11 is 7.30. The lowest BCUT2D eigenvalue weighted by molar-refractivity contribution is -0.137. The number of carboxylic acids is 1. The van der Waals surface area contributed by atoms with Crippen LogP contribution in [0.2, 0.25) is 0 Å². The van der Waals surface area contributed by atoms with E-state index in [2.05, 4.69) is 20.8 Å². The van der Waals surface area contributed by atoms with E-state index in [9.17, 15) is 9.90 Å². The number of carbonyl (C=O) groups is 1. The molecule has 0 aromatic heterocycles. The molecule has 4 fully saturated rings. The highest BCUT2D eigenvalue weighted by Gasteiger charge is 2.69. The van der Waals surface area contributed by atoms with Crippen molar-refractivity contribution in [3.63, 3.8) is 0 Å². The molecule has 4 aliphatic heterocycles. The maximum Gasteiger partial charge on any atom is 0.330 e. The predicted molar refractivity (Wildman–Crippen MR) is 75.2 cm³/mol. The lowest BCUT2D eigenvalue weighted by Gasteiger charge is -2.64. The largest absolute Gasteiger partial charge is 0.480 e. The second-order valence-corrected chi connectivity index (χ2v) is 13.9. The zero-order valence-electron chi connectivity index (χ0n) is 9.40. The Balaban J connectivity index is 2.11. The van der Waals surface area contributed by atoms with Crippen molar-refractivity contribution in [3.05, 3.63) is 0 Å². The van der Waals surface area contributed by atoms with Crippen LogP contribution in [0.3, 0.4) is 0 Å². The second kappa shape index (κ2) is 3.06. The molecule has 2 unspecified atom stereocenters. The minimum absolute atomic E-state index is 0.0800. The molecule has 4 atom stereocenters. The minimum Gasteiger partial charge on any atom is -0.480 e. The van der Waals surface area contributed by atoms with Crippen molar-refractivity contribution in [3.8, 4) is 0 Å². The van der Waals surface area contributed by atoms with Gasteiger partial charge in [0, 0.05) is 6.42 Å². The second-order valence-electron chi connectivity index (χ2n) is 5.22. The van der Waals surface area contributed by atoms with Crippen LogP contribution in [-0.4, -0.2) is 27.4 Å². The monoisotopic (exact) mass is 294 g/mol. The first-order chi connectivity index (χ1) is 7.19. The summed E-state index contributed by atoms with van der Waals surface area (Å²) < 4.78 is -0.364. The zero-order valence-corrected chi connectivity index (χ0v) is 12.7. The van der Waals surface area contributed by atoms with Gasteiger partial charge in [-0.15, -0.1) is 47.0 Å². The lowest BCUT2D eigenvalue weighted by atomic mass is 10.2. The molecule has 90 valence electrons. The first-order valence-corrected chi connectivity index (χ1v) is 8.49. The maximum absolute atomic E-state index is 11.6.